The molecule has 0 bridgehead atoms. The van der Waals surface area contributed by atoms with E-state index in [0.717, 1.165) is 22.1 Å². The summed E-state index contributed by atoms with van der Waals surface area (Å²) < 4.78 is 4.17. The van der Waals surface area contributed by atoms with Crippen molar-refractivity contribution in [1.82, 2.24) is 14.1 Å². The van der Waals surface area contributed by atoms with Gasteiger partial charge in [-0.25, -0.2) is 4.98 Å². The third kappa shape index (κ3) is 3.56. The average molecular weight is 353 g/mol. The minimum Gasteiger partial charge on any atom is -0.341 e. The Bertz CT molecular complexity index is 880. The molecule has 0 spiro atoms. The fraction of sp³-hybridized carbons (Fsp3) is 0.300. The highest BCUT2D eigenvalue weighted by Gasteiger charge is 2.20. The van der Waals surface area contributed by atoms with Gasteiger partial charge in [0.25, 0.3) is 0 Å². The zero-order chi connectivity index (χ0) is 18.0. The number of hydrogen-bond acceptors (Lipinski definition) is 3. The van der Waals surface area contributed by atoms with E-state index in [1.807, 2.05) is 36.9 Å². The maximum absolute atomic E-state index is 12.7. The quantitative estimate of drug-likeness (QED) is 0.486. The zero-order valence-electron chi connectivity index (χ0n) is 15.1. The molecule has 0 aliphatic rings. The lowest BCUT2D eigenvalue weighted by Crippen LogP contribution is -2.12. The first-order chi connectivity index (χ1) is 12.0. The monoisotopic (exact) mass is 353 g/mol. The Labute approximate surface area is 152 Å². The van der Waals surface area contributed by atoms with Crippen LogP contribution in [0.1, 0.15) is 40.3 Å². The first kappa shape index (κ1) is 17.5. The van der Waals surface area contributed by atoms with E-state index in [9.17, 15) is 4.79 Å². The summed E-state index contributed by atoms with van der Waals surface area (Å²) in [6.07, 6.45) is 3.64. The lowest BCUT2D eigenvalue weighted by Gasteiger charge is -2.19. The third-order valence-electron chi connectivity index (χ3n) is 4.56. The van der Waals surface area contributed by atoms with E-state index < -0.39 is 0 Å². The van der Waals surface area contributed by atoms with Crippen LogP contribution in [0.5, 0.6) is 0 Å². The number of thioether (sulfide) groups is 1. The molecule has 0 N–H and O–H groups in total. The Kier molecular flexibility index (Phi) is 5.13. The standard InChI is InChI=1S/C20H23N3OS/c1-14-12-18(19(24)13-25-20-21-10-11-22(20)4)16(3)23(14)15(2)17-8-6-5-7-9-17/h5-12,15H,13H2,1-4H3. The molecule has 0 amide bonds. The van der Waals surface area contributed by atoms with Gasteiger partial charge in [0.1, 0.15) is 0 Å². The van der Waals surface area contributed by atoms with Crippen LogP contribution in [0.25, 0.3) is 0 Å². The Hall–Kier alpha value is -2.27. The molecule has 1 atom stereocenters. The lowest BCUT2D eigenvalue weighted by atomic mass is 10.1. The summed E-state index contributed by atoms with van der Waals surface area (Å²) in [5.74, 6) is 0.544. The number of hydrogen-bond donors (Lipinski definition) is 0. The van der Waals surface area contributed by atoms with Gasteiger partial charge in [-0.15, -0.1) is 0 Å². The summed E-state index contributed by atoms with van der Waals surface area (Å²) in [5.41, 5.74) is 4.19. The maximum Gasteiger partial charge on any atom is 0.175 e. The van der Waals surface area contributed by atoms with E-state index in [1.165, 1.54) is 17.3 Å². The van der Waals surface area contributed by atoms with Crippen molar-refractivity contribution in [1.29, 1.82) is 0 Å². The van der Waals surface area contributed by atoms with Gasteiger partial charge < -0.3 is 9.13 Å². The lowest BCUT2D eigenvalue weighted by molar-refractivity contribution is 0.102. The molecule has 2 heterocycles. The minimum atomic E-state index is 0.146. The van der Waals surface area contributed by atoms with Crippen LogP contribution in [-0.2, 0) is 7.05 Å². The molecule has 1 unspecified atom stereocenters. The molecule has 0 aliphatic carbocycles. The first-order valence-corrected chi connectivity index (χ1v) is 9.34. The van der Waals surface area contributed by atoms with E-state index >= 15 is 0 Å². The smallest absolute Gasteiger partial charge is 0.175 e. The van der Waals surface area contributed by atoms with Crippen molar-refractivity contribution >= 4 is 17.5 Å². The van der Waals surface area contributed by atoms with Crippen molar-refractivity contribution in [3.05, 3.63) is 71.3 Å². The highest BCUT2D eigenvalue weighted by molar-refractivity contribution is 7.99. The molecular weight excluding hydrogens is 330 g/mol. The number of nitrogens with zero attached hydrogens (tertiary/aromatic N) is 3. The number of carbonyl (C=O) groups excluding carboxylic acids is 1. The fourth-order valence-corrected chi connectivity index (χ4v) is 4.05. The Morgan fingerprint density at radius 2 is 1.96 bits per heavy atom. The molecule has 4 nitrogen and oxygen atoms in total. The van der Waals surface area contributed by atoms with Gasteiger partial charge in [-0.1, -0.05) is 42.1 Å². The van der Waals surface area contributed by atoms with E-state index in [0.29, 0.717) is 5.75 Å². The normalized spacial score (nSPS) is 12.3. The second-order valence-corrected chi connectivity index (χ2v) is 7.22. The summed E-state index contributed by atoms with van der Waals surface area (Å²) in [6.45, 7) is 6.27. The van der Waals surface area contributed by atoms with Gasteiger partial charge in [0, 0.05) is 36.4 Å². The summed E-state index contributed by atoms with van der Waals surface area (Å²) in [4.78, 5) is 17.0. The molecule has 1 aromatic carbocycles. The van der Waals surface area contributed by atoms with Crippen molar-refractivity contribution in [2.45, 2.75) is 32.0 Å². The summed E-state index contributed by atoms with van der Waals surface area (Å²) in [7, 11) is 1.94. The molecule has 25 heavy (non-hydrogen) atoms. The first-order valence-electron chi connectivity index (χ1n) is 8.35. The van der Waals surface area contributed by atoms with E-state index in [2.05, 4.69) is 47.7 Å². The van der Waals surface area contributed by atoms with Crippen molar-refractivity contribution in [3.63, 3.8) is 0 Å². The van der Waals surface area contributed by atoms with Crippen LogP contribution in [0.2, 0.25) is 0 Å². The van der Waals surface area contributed by atoms with Gasteiger partial charge >= 0.3 is 0 Å². The second-order valence-electron chi connectivity index (χ2n) is 6.27. The minimum absolute atomic E-state index is 0.146. The van der Waals surface area contributed by atoms with Crippen molar-refractivity contribution in [2.24, 2.45) is 7.05 Å². The number of rotatable bonds is 6. The van der Waals surface area contributed by atoms with Crippen LogP contribution in [0, 0.1) is 13.8 Å². The van der Waals surface area contributed by atoms with Crippen molar-refractivity contribution in [3.8, 4) is 0 Å². The van der Waals surface area contributed by atoms with Gasteiger partial charge in [0.15, 0.2) is 10.9 Å². The number of imidazole rings is 1. The van der Waals surface area contributed by atoms with Crippen LogP contribution < -0.4 is 0 Å². The zero-order valence-corrected chi connectivity index (χ0v) is 15.9. The molecule has 2 aromatic heterocycles. The topological polar surface area (TPSA) is 39.8 Å². The van der Waals surface area contributed by atoms with Crippen molar-refractivity contribution < 1.29 is 4.79 Å². The van der Waals surface area contributed by atoms with Gasteiger partial charge in [-0.05, 0) is 32.4 Å². The molecule has 3 rings (SSSR count). The number of carbonyl (C=O) groups is 1. The summed E-state index contributed by atoms with van der Waals surface area (Å²) >= 11 is 1.48. The molecule has 5 heteroatoms. The largest absolute Gasteiger partial charge is 0.341 e. The molecule has 3 aromatic rings. The molecule has 0 fully saturated rings. The molecule has 130 valence electrons. The van der Waals surface area contributed by atoms with Gasteiger partial charge in [-0.2, -0.15) is 0 Å². The van der Waals surface area contributed by atoms with E-state index in [1.54, 1.807) is 6.20 Å². The van der Waals surface area contributed by atoms with Gasteiger partial charge in [-0.3, -0.25) is 4.79 Å². The van der Waals surface area contributed by atoms with Crippen LogP contribution in [0.3, 0.4) is 0 Å². The Morgan fingerprint density at radius 3 is 2.60 bits per heavy atom. The Balaban J connectivity index is 1.81. The highest BCUT2D eigenvalue weighted by atomic mass is 32.2. The molecule has 0 saturated heterocycles. The van der Waals surface area contributed by atoms with Crippen molar-refractivity contribution in [2.75, 3.05) is 5.75 Å². The molecule has 0 saturated carbocycles. The summed E-state index contributed by atoms with van der Waals surface area (Å²) in [5, 5.41) is 0.861. The predicted molar refractivity (Wildman–Crippen MR) is 102 cm³/mol. The third-order valence-corrected chi connectivity index (χ3v) is 5.62. The van der Waals surface area contributed by atoms with E-state index in [-0.39, 0.29) is 11.8 Å². The van der Waals surface area contributed by atoms with Crippen LogP contribution in [-0.4, -0.2) is 25.7 Å². The van der Waals surface area contributed by atoms with E-state index in [4.69, 9.17) is 0 Å². The number of aromatic nitrogens is 3. The predicted octanol–water partition coefficient (Wildman–Crippen LogP) is 4.42. The number of ketones is 1. The van der Waals surface area contributed by atoms with Crippen LogP contribution in [0.15, 0.2) is 53.9 Å². The average Bonchev–Trinajstić information content (AvgIpc) is 3.15. The SMILES string of the molecule is Cc1cc(C(=O)CSc2nccn2C)c(C)n1C(C)c1ccccc1. The molecular formula is C20H23N3OS. The Morgan fingerprint density at radius 1 is 1.24 bits per heavy atom. The second kappa shape index (κ2) is 7.31. The van der Waals surface area contributed by atoms with Gasteiger partial charge in [0.05, 0.1) is 11.8 Å². The number of benzene rings is 1. The maximum atomic E-state index is 12.7. The number of Topliss-reactive ketones (excluding diaryl/α,β-unsaturated/α-hetero) is 1. The van der Waals surface area contributed by atoms with Gasteiger partial charge in [0.2, 0.25) is 0 Å². The van der Waals surface area contributed by atoms with Crippen LogP contribution >= 0.6 is 11.8 Å². The molecule has 0 aliphatic heterocycles. The highest BCUT2D eigenvalue weighted by Crippen LogP contribution is 2.27. The number of aryl methyl sites for hydroxylation is 2. The van der Waals surface area contributed by atoms with Crippen LogP contribution in [0.4, 0.5) is 0 Å². The summed E-state index contributed by atoms with van der Waals surface area (Å²) in [6, 6.07) is 12.6. The fourth-order valence-electron chi connectivity index (χ4n) is 3.23. The molecule has 0 radical (unpaired) electrons.